The van der Waals surface area contributed by atoms with Gasteiger partial charge in [0.2, 0.25) is 0 Å². The van der Waals surface area contributed by atoms with E-state index in [0.29, 0.717) is 12.8 Å². The SMILES string of the molecule is COC(=O)[C@H]1CC[C@H](NC(=O)C(F)(F)F)C1. The quantitative estimate of drug-likeness (QED) is 0.731. The third-order valence-corrected chi connectivity index (χ3v) is 2.56. The lowest BCUT2D eigenvalue weighted by atomic mass is 10.1. The van der Waals surface area contributed by atoms with E-state index in [0.717, 1.165) is 0 Å². The van der Waals surface area contributed by atoms with Gasteiger partial charge in [0.05, 0.1) is 13.0 Å². The summed E-state index contributed by atoms with van der Waals surface area (Å²) in [4.78, 5) is 21.7. The van der Waals surface area contributed by atoms with E-state index in [1.165, 1.54) is 7.11 Å². The fourth-order valence-corrected chi connectivity index (χ4v) is 1.76. The predicted molar refractivity (Wildman–Crippen MR) is 47.3 cm³/mol. The lowest BCUT2D eigenvalue weighted by Crippen LogP contribution is -2.42. The van der Waals surface area contributed by atoms with E-state index in [1.54, 1.807) is 0 Å². The van der Waals surface area contributed by atoms with Crippen LogP contribution in [0, 0.1) is 5.92 Å². The first kappa shape index (κ1) is 12.8. The Bertz CT molecular complexity index is 290. The molecule has 1 saturated carbocycles. The van der Waals surface area contributed by atoms with Crippen LogP contribution < -0.4 is 5.32 Å². The Balaban J connectivity index is 2.43. The van der Waals surface area contributed by atoms with Crippen molar-refractivity contribution < 1.29 is 27.5 Å². The standard InChI is InChI=1S/C9H12F3NO3/c1-16-7(14)5-2-3-6(4-5)13-8(15)9(10,11)12/h5-6H,2-4H2,1H3,(H,13,15)/t5-,6-/m0/s1. The van der Waals surface area contributed by atoms with Crippen LogP contribution in [0.25, 0.3) is 0 Å². The molecular weight excluding hydrogens is 227 g/mol. The molecule has 0 aliphatic heterocycles. The van der Waals surface area contributed by atoms with Gasteiger partial charge in [0.15, 0.2) is 0 Å². The van der Waals surface area contributed by atoms with E-state index >= 15 is 0 Å². The molecule has 92 valence electrons. The number of alkyl halides is 3. The van der Waals surface area contributed by atoms with Gasteiger partial charge in [-0.1, -0.05) is 0 Å². The van der Waals surface area contributed by atoms with Gasteiger partial charge in [0.1, 0.15) is 0 Å². The highest BCUT2D eigenvalue weighted by Crippen LogP contribution is 2.27. The summed E-state index contributed by atoms with van der Waals surface area (Å²) in [5, 5.41) is 1.86. The Labute approximate surface area is 90.1 Å². The second-order valence-corrected chi connectivity index (χ2v) is 3.70. The second kappa shape index (κ2) is 4.71. The van der Waals surface area contributed by atoms with Crippen molar-refractivity contribution >= 4 is 11.9 Å². The minimum Gasteiger partial charge on any atom is -0.469 e. The molecule has 1 aliphatic rings. The van der Waals surface area contributed by atoms with Crippen molar-refractivity contribution in [2.75, 3.05) is 7.11 Å². The summed E-state index contributed by atoms with van der Waals surface area (Å²) in [6.07, 6.45) is -3.87. The van der Waals surface area contributed by atoms with Crippen molar-refractivity contribution in [3.63, 3.8) is 0 Å². The molecule has 0 aromatic rings. The van der Waals surface area contributed by atoms with Gasteiger partial charge < -0.3 is 10.1 Å². The predicted octanol–water partition coefficient (Wildman–Crippen LogP) is 1.01. The zero-order valence-electron chi connectivity index (χ0n) is 8.63. The maximum absolute atomic E-state index is 11.9. The summed E-state index contributed by atoms with van der Waals surface area (Å²) >= 11 is 0. The third kappa shape index (κ3) is 3.11. The van der Waals surface area contributed by atoms with Crippen molar-refractivity contribution in [2.45, 2.75) is 31.5 Å². The number of carbonyl (C=O) groups excluding carboxylic acids is 2. The van der Waals surface area contributed by atoms with Crippen molar-refractivity contribution in [2.24, 2.45) is 5.92 Å². The lowest BCUT2D eigenvalue weighted by Gasteiger charge is -2.14. The number of hydrogen-bond acceptors (Lipinski definition) is 3. The topological polar surface area (TPSA) is 55.4 Å². The van der Waals surface area contributed by atoms with Crippen LogP contribution in [0.15, 0.2) is 0 Å². The van der Waals surface area contributed by atoms with E-state index in [-0.39, 0.29) is 6.42 Å². The Hall–Kier alpha value is -1.27. The zero-order valence-corrected chi connectivity index (χ0v) is 8.63. The number of nitrogens with one attached hydrogen (secondary N) is 1. The molecule has 1 aliphatic carbocycles. The highest BCUT2D eigenvalue weighted by molar-refractivity contribution is 5.82. The molecule has 0 aromatic heterocycles. The maximum Gasteiger partial charge on any atom is 0.471 e. The lowest BCUT2D eigenvalue weighted by molar-refractivity contribution is -0.174. The van der Waals surface area contributed by atoms with E-state index in [9.17, 15) is 22.8 Å². The number of halogens is 3. The highest BCUT2D eigenvalue weighted by Gasteiger charge is 2.41. The summed E-state index contributed by atoms with van der Waals surface area (Å²) in [6, 6.07) is -0.599. The molecule has 1 fully saturated rings. The molecule has 2 atom stereocenters. The zero-order chi connectivity index (χ0) is 12.3. The number of rotatable bonds is 2. The molecule has 0 aromatic carbocycles. The van der Waals surface area contributed by atoms with Crippen LogP contribution in [-0.4, -0.2) is 31.2 Å². The first-order chi connectivity index (χ1) is 7.34. The van der Waals surface area contributed by atoms with Crippen molar-refractivity contribution in [3.05, 3.63) is 0 Å². The first-order valence-electron chi connectivity index (χ1n) is 4.80. The van der Waals surface area contributed by atoms with Crippen LogP contribution in [0.5, 0.6) is 0 Å². The van der Waals surface area contributed by atoms with E-state index in [4.69, 9.17) is 0 Å². The molecule has 4 nitrogen and oxygen atoms in total. The van der Waals surface area contributed by atoms with Gasteiger partial charge in [-0.3, -0.25) is 9.59 Å². The van der Waals surface area contributed by atoms with Crippen LogP contribution >= 0.6 is 0 Å². The van der Waals surface area contributed by atoms with Gasteiger partial charge in [0.25, 0.3) is 0 Å². The number of ether oxygens (including phenoxy) is 1. The molecule has 7 heteroatoms. The summed E-state index contributed by atoms with van der Waals surface area (Å²) < 4.78 is 40.2. The van der Waals surface area contributed by atoms with Gasteiger partial charge in [-0.05, 0) is 19.3 Å². The number of amides is 1. The molecule has 0 bridgehead atoms. The average molecular weight is 239 g/mol. The van der Waals surface area contributed by atoms with E-state index in [1.807, 2.05) is 5.32 Å². The summed E-state index contributed by atoms with van der Waals surface area (Å²) in [7, 11) is 1.23. The molecule has 1 N–H and O–H groups in total. The van der Waals surface area contributed by atoms with Gasteiger partial charge in [0, 0.05) is 6.04 Å². The van der Waals surface area contributed by atoms with E-state index < -0.39 is 30.0 Å². The van der Waals surface area contributed by atoms with Crippen molar-refractivity contribution in [1.29, 1.82) is 0 Å². The largest absolute Gasteiger partial charge is 0.471 e. The summed E-state index contributed by atoms with van der Waals surface area (Å²) in [5.74, 6) is -2.81. The fourth-order valence-electron chi connectivity index (χ4n) is 1.76. The molecule has 0 radical (unpaired) electrons. The number of esters is 1. The van der Waals surface area contributed by atoms with Crippen molar-refractivity contribution in [1.82, 2.24) is 5.32 Å². The number of hydrogen-bond donors (Lipinski definition) is 1. The fraction of sp³-hybridized carbons (Fsp3) is 0.778. The molecule has 1 rings (SSSR count). The van der Waals surface area contributed by atoms with Crippen LogP contribution in [-0.2, 0) is 14.3 Å². The monoisotopic (exact) mass is 239 g/mol. The number of methoxy groups -OCH3 is 1. The molecular formula is C9H12F3NO3. The maximum atomic E-state index is 11.9. The molecule has 1 amide bonds. The molecule has 0 spiro atoms. The molecule has 0 heterocycles. The number of carbonyl (C=O) groups is 2. The van der Waals surface area contributed by atoms with Crippen LogP contribution in [0.3, 0.4) is 0 Å². The van der Waals surface area contributed by atoms with Gasteiger partial charge in [-0.25, -0.2) is 0 Å². The Morgan fingerprint density at radius 3 is 2.44 bits per heavy atom. The molecule has 0 unspecified atom stereocenters. The Morgan fingerprint density at radius 1 is 1.31 bits per heavy atom. The second-order valence-electron chi connectivity index (χ2n) is 3.70. The Morgan fingerprint density at radius 2 is 1.94 bits per heavy atom. The average Bonchev–Trinajstić information content (AvgIpc) is 2.63. The molecule has 16 heavy (non-hydrogen) atoms. The van der Waals surface area contributed by atoms with E-state index in [2.05, 4.69) is 4.74 Å². The van der Waals surface area contributed by atoms with Gasteiger partial charge in [-0.2, -0.15) is 13.2 Å². The van der Waals surface area contributed by atoms with Crippen molar-refractivity contribution in [3.8, 4) is 0 Å². The minimum absolute atomic E-state index is 0.203. The molecule has 0 saturated heterocycles. The van der Waals surface area contributed by atoms with Crippen LogP contribution in [0.2, 0.25) is 0 Å². The minimum atomic E-state index is -4.87. The summed E-state index contributed by atoms with van der Waals surface area (Å²) in [5.41, 5.74) is 0. The van der Waals surface area contributed by atoms with Crippen LogP contribution in [0.1, 0.15) is 19.3 Å². The third-order valence-electron chi connectivity index (χ3n) is 2.56. The van der Waals surface area contributed by atoms with Gasteiger partial charge in [-0.15, -0.1) is 0 Å². The Kier molecular flexibility index (Phi) is 3.77. The highest BCUT2D eigenvalue weighted by atomic mass is 19.4. The summed E-state index contributed by atoms with van der Waals surface area (Å²) in [6.45, 7) is 0. The smallest absolute Gasteiger partial charge is 0.469 e. The van der Waals surface area contributed by atoms with Gasteiger partial charge >= 0.3 is 18.1 Å². The van der Waals surface area contributed by atoms with Crippen LogP contribution in [0.4, 0.5) is 13.2 Å². The normalized spacial score (nSPS) is 25.2. The first-order valence-corrected chi connectivity index (χ1v) is 4.80.